The number of aromatic nitrogens is 2. The summed E-state index contributed by atoms with van der Waals surface area (Å²) in [6, 6.07) is 2.52. The molecule has 1 saturated heterocycles. The molecule has 1 N–H and O–H groups in total. The number of anilines is 2. The molecule has 0 aliphatic carbocycles. The lowest BCUT2D eigenvalue weighted by molar-refractivity contribution is -0.384. The Morgan fingerprint density at radius 3 is 2.65 bits per heavy atom. The van der Waals surface area contributed by atoms with Gasteiger partial charge in [-0.05, 0) is 31.4 Å². The smallest absolute Gasteiger partial charge is 0.366 e. The lowest BCUT2D eigenvalue weighted by Crippen LogP contribution is -2.38. The van der Waals surface area contributed by atoms with Gasteiger partial charge in [0.25, 0.3) is 5.69 Å². The van der Waals surface area contributed by atoms with E-state index in [1.54, 1.807) is 4.90 Å². The fourth-order valence-electron chi connectivity index (χ4n) is 3.44. The molecule has 8 nitrogen and oxygen atoms in total. The zero-order valence-electron chi connectivity index (χ0n) is 16.8. The number of carbonyl (C=O) groups is 1. The van der Waals surface area contributed by atoms with Gasteiger partial charge in [-0.15, -0.1) is 10.2 Å². The van der Waals surface area contributed by atoms with E-state index in [-0.39, 0.29) is 17.5 Å². The van der Waals surface area contributed by atoms with E-state index in [9.17, 15) is 28.1 Å². The van der Waals surface area contributed by atoms with Crippen LogP contribution in [0.25, 0.3) is 0 Å². The molecule has 1 amide bonds. The van der Waals surface area contributed by atoms with Crippen LogP contribution < -0.4 is 10.2 Å². The van der Waals surface area contributed by atoms with Crippen molar-refractivity contribution in [3.05, 3.63) is 38.9 Å². The van der Waals surface area contributed by atoms with Gasteiger partial charge in [0.2, 0.25) is 11.0 Å². The Hall–Kier alpha value is -2.76. The predicted octanol–water partition coefficient (Wildman–Crippen LogP) is 4.66. The van der Waals surface area contributed by atoms with Crippen molar-refractivity contribution >= 4 is 33.8 Å². The number of nitro benzene ring substituents is 1. The first-order valence-corrected chi connectivity index (χ1v) is 10.7. The van der Waals surface area contributed by atoms with Crippen molar-refractivity contribution in [2.75, 3.05) is 23.3 Å². The molecule has 0 atom stereocenters. The SMILES string of the molecule is CCCCc1nnc(NC(=O)C2CCN(c3ccc(C(F)(F)F)cc3[N+](=O)[O-])CC2)s1. The molecule has 168 valence electrons. The molecule has 1 aliphatic rings. The van der Waals surface area contributed by atoms with Gasteiger partial charge in [0, 0.05) is 31.5 Å². The summed E-state index contributed by atoms with van der Waals surface area (Å²) in [5.41, 5.74) is -1.53. The highest BCUT2D eigenvalue weighted by Crippen LogP contribution is 2.37. The third-order valence-electron chi connectivity index (χ3n) is 5.15. The van der Waals surface area contributed by atoms with E-state index in [0.717, 1.165) is 36.4 Å². The molecule has 0 saturated carbocycles. The monoisotopic (exact) mass is 457 g/mol. The number of halogens is 3. The van der Waals surface area contributed by atoms with Crippen LogP contribution in [0.4, 0.5) is 29.7 Å². The number of hydrogen-bond donors (Lipinski definition) is 1. The quantitative estimate of drug-likeness (QED) is 0.479. The van der Waals surface area contributed by atoms with Crippen molar-refractivity contribution in [1.82, 2.24) is 10.2 Å². The molecule has 0 bridgehead atoms. The Kier molecular flexibility index (Phi) is 7.08. The molecule has 1 aliphatic heterocycles. The third kappa shape index (κ3) is 5.69. The van der Waals surface area contributed by atoms with Gasteiger partial charge in [0.05, 0.1) is 10.5 Å². The average molecular weight is 457 g/mol. The molecular formula is C19H22F3N5O3S. The average Bonchev–Trinajstić information content (AvgIpc) is 3.18. The maximum atomic E-state index is 12.9. The highest BCUT2D eigenvalue weighted by atomic mass is 32.1. The number of rotatable bonds is 7. The number of unbranched alkanes of at least 4 members (excludes halogenated alkanes) is 1. The molecule has 3 rings (SSSR count). The Labute approximate surface area is 180 Å². The number of nitro groups is 1. The number of nitrogens with zero attached hydrogens (tertiary/aromatic N) is 4. The summed E-state index contributed by atoms with van der Waals surface area (Å²) < 4.78 is 38.7. The van der Waals surface area contributed by atoms with Crippen LogP contribution in [0.1, 0.15) is 43.2 Å². The molecule has 0 radical (unpaired) electrons. The fourth-order valence-corrected chi connectivity index (χ4v) is 4.22. The lowest BCUT2D eigenvalue weighted by atomic mass is 9.95. The second kappa shape index (κ2) is 9.58. The van der Waals surface area contributed by atoms with Crippen LogP contribution in [-0.2, 0) is 17.4 Å². The first kappa shape index (κ1) is 22.9. The van der Waals surface area contributed by atoms with Gasteiger partial charge in [-0.1, -0.05) is 24.7 Å². The van der Waals surface area contributed by atoms with E-state index in [1.807, 2.05) is 0 Å². The number of alkyl halides is 3. The summed E-state index contributed by atoms with van der Waals surface area (Å²) in [5.74, 6) is -0.507. The Morgan fingerprint density at radius 2 is 2.03 bits per heavy atom. The van der Waals surface area contributed by atoms with E-state index in [0.29, 0.717) is 37.1 Å². The molecule has 0 unspecified atom stereocenters. The van der Waals surface area contributed by atoms with Gasteiger partial charge in [-0.3, -0.25) is 14.9 Å². The van der Waals surface area contributed by atoms with Crippen molar-refractivity contribution in [2.45, 2.75) is 45.2 Å². The van der Waals surface area contributed by atoms with E-state index < -0.39 is 22.4 Å². The van der Waals surface area contributed by atoms with Gasteiger partial charge < -0.3 is 10.2 Å². The topological polar surface area (TPSA) is 101 Å². The summed E-state index contributed by atoms with van der Waals surface area (Å²) in [6.45, 7) is 2.72. The van der Waals surface area contributed by atoms with Crippen molar-refractivity contribution in [2.24, 2.45) is 5.92 Å². The predicted molar refractivity (Wildman–Crippen MR) is 110 cm³/mol. The van der Waals surface area contributed by atoms with Crippen LogP contribution in [0, 0.1) is 16.0 Å². The van der Waals surface area contributed by atoms with Gasteiger partial charge >= 0.3 is 6.18 Å². The molecule has 2 aromatic rings. The molecule has 1 fully saturated rings. The number of carbonyl (C=O) groups excluding carboxylic acids is 1. The van der Waals surface area contributed by atoms with E-state index >= 15 is 0 Å². The standard InChI is InChI=1S/C19H22F3N5O3S/c1-2-3-4-16-24-25-18(31-16)23-17(28)12-7-9-26(10-8-12)14-6-5-13(19(20,21)22)11-15(14)27(29)30/h5-6,11-12H,2-4,7-10H2,1H3,(H,23,25,28). The van der Waals surface area contributed by atoms with Crippen molar-refractivity contribution in [3.63, 3.8) is 0 Å². The summed E-state index contributed by atoms with van der Waals surface area (Å²) in [6.07, 6.45) is -0.963. The van der Waals surface area contributed by atoms with Crippen molar-refractivity contribution in [3.8, 4) is 0 Å². The number of amides is 1. The largest absolute Gasteiger partial charge is 0.416 e. The van der Waals surface area contributed by atoms with Crippen molar-refractivity contribution < 1.29 is 22.9 Å². The minimum atomic E-state index is -4.66. The fraction of sp³-hybridized carbons (Fsp3) is 0.526. The van der Waals surface area contributed by atoms with Crippen LogP contribution in [0.15, 0.2) is 18.2 Å². The Morgan fingerprint density at radius 1 is 1.32 bits per heavy atom. The highest BCUT2D eigenvalue weighted by Gasteiger charge is 2.35. The van der Waals surface area contributed by atoms with E-state index in [1.165, 1.54) is 11.3 Å². The van der Waals surface area contributed by atoms with Crippen LogP contribution in [0.3, 0.4) is 0 Å². The maximum absolute atomic E-state index is 12.9. The van der Waals surface area contributed by atoms with Crippen LogP contribution in [-0.4, -0.2) is 34.1 Å². The summed E-state index contributed by atoms with van der Waals surface area (Å²) in [7, 11) is 0. The van der Waals surface area contributed by atoms with Gasteiger partial charge in [0.1, 0.15) is 10.7 Å². The Balaban J connectivity index is 1.62. The normalized spacial score (nSPS) is 15.2. The molecule has 1 aromatic heterocycles. The zero-order chi connectivity index (χ0) is 22.6. The second-order valence-corrected chi connectivity index (χ2v) is 8.38. The van der Waals surface area contributed by atoms with Gasteiger partial charge in [-0.2, -0.15) is 13.2 Å². The lowest BCUT2D eigenvalue weighted by Gasteiger charge is -2.32. The van der Waals surface area contributed by atoms with Crippen LogP contribution >= 0.6 is 11.3 Å². The van der Waals surface area contributed by atoms with Gasteiger partial charge in [-0.25, -0.2) is 0 Å². The molecule has 0 spiro atoms. The molecular weight excluding hydrogens is 435 g/mol. The number of benzene rings is 1. The number of nitrogens with one attached hydrogen (secondary N) is 1. The molecule has 12 heteroatoms. The number of piperidine rings is 1. The first-order valence-electron chi connectivity index (χ1n) is 9.93. The first-order chi connectivity index (χ1) is 14.7. The third-order valence-corrected chi connectivity index (χ3v) is 6.05. The molecule has 1 aromatic carbocycles. The van der Waals surface area contributed by atoms with Crippen LogP contribution in [0.5, 0.6) is 0 Å². The maximum Gasteiger partial charge on any atom is 0.416 e. The Bertz CT molecular complexity index is 942. The second-order valence-electron chi connectivity index (χ2n) is 7.31. The minimum absolute atomic E-state index is 0.126. The molecule has 31 heavy (non-hydrogen) atoms. The highest BCUT2D eigenvalue weighted by molar-refractivity contribution is 7.15. The van der Waals surface area contributed by atoms with E-state index in [4.69, 9.17) is 0 Å². The van der Waals surface area contributed by atoms with Crippen LogP contribution in [0.2, 0.25) is 0 Å². The van der Waals surface area contributed by atoms with E-state index in [2.05, 4.69) is 22.4 Å². The van der Waals surface area contributed by atoms with Gasteiger partial charge in [0.15, 0.2) is 0 Å². The zero-order valence-corrected chi connectivity index (χ0v) is 17.6. The minimum Gasteiger partial charge on any atom is -0.366 e. The number of hydrogen-bond acceptors (Lipinski definition) is 7. The van der Waals surface area contributed by atoms with Crippen molar-refractivity contribution in [1.29, 1.82) is 0 Å². The summed E-state index contributed by atoms with van der Waals surface area (Å²) >= 11 is 1.34. The molecule has 2 heterocycles. The summed E-state index contributed by atoms with van der Waals surface area (Å²) in [5, 5.41) is 23.4. The number of aryl methyl sites for hydroxylation is 1. The summed E-state index contributed by atoms with van der Waals surface area (Å²) in [4.78, 5) is 24.7.